The Morgan fingerprint density at radius 1 is 1.12 bits per heavy atom. The number of rotatable bonds is 3. The summed E-state index contributed by atoms with van der Waals surface area (Å²) in [5.41, 5.74) is 4.41. The average molecular weight is 345 g/mol. The summed E-state index contributed by atoms with van der Waals surface area (Å²) >= 11 is 1.30. The Morgan fingerprint density at radius 2 is 1.88 bits per heavy atom. The molecule has 0 saturated heterocycles. The predicted octanol–water partition coefficient (Wildman–Crippen LogP) is 2.93. The van der Waals surface area contributed by atoms with Crippen LogP contribution in [0.2, 0.25) is 0 Å². The Labute approximate surface area is 140 Å². The van der Waals surface area contributed by atoms with E-state index >= 15 is 0 Å². The molecule has 0 aliphatic carbocycles. The minimum absolute atomic E-state index is 0.163. The zero-order valence-electron chi connectivity index (χ0n) is 12.5. The van der Waals surface area contributed by atoms with Crippen LogP contribution in [0.25, 0.3) is 10.8 Å². The summed E-state index contributed by atoms with van der Waals surface area (Å²) in [6.07, 6.45) is 1.51. The van der Waals surface area contributed by atoms with Gasteiger partial charge in [0.1, 0.15) is 11.5 Å². The van der Waals surface area contributed by atoms with E-state index < -0.39 is 17.6 Å². The van der Waals surface area contributed by atoms with E-state index in [0.29, 0.717) is 15.6 Å². The highest BCUT2D eigenvalue weighted by atomic mass is 32.1. The molecule has 0 bridgehead atoms. The van der Waals surface area contributed by atoms with E-state index in [-0.39, 0.29) is 11.3 Å². The molecule has 0 spiro atoms. The smallest absolute Gasteiger partial charge is 0.289 e. The van der Waals surface area contributed by atoms with E-state index in [4.69, 9.17) is 4.42 Å². The van der Waals surface area contributed by atoms with Crippen molar-refractivity contribution in [2.24, 2.45) is 0 Å². The molecule has 1 aromatic carbocycles. The number of nitrogens with one attached hydrogen (secondary N) is 2. The Kier molecular flexibility index (Phi) is 4.39. The molecule has 0 saturated carbocycles. The van der Waals surface area contributed by atoms with Gasteiger partial charge in [-0.3, -0.25) is 20.4 Å². The van der Waals surface area contributed by atoms with E-state index in [1.165, 1.54) is 35.8 Å². The number of furan rings is 1. The summed E-state index contributed by atoms with van der Waals surface area (Å²) in [6.45, 7) is 1.73. The summed E-state index contributed by atoms with van der Waals surface area (Å²) in [6, 6.07) is 8.94. The number of carbonyl (C=O) groups is 2. The summed E-state index contributed by atoms with van der Waals surface area (Å²) in [5, 5.41) is 0.558. The lowest BCUT2D eigenvalue weighted by molar-refractivity contribution is 0.0841. The van der Waals surface area contributed by atoms with E-state index in [2.05, 4.69) is 15.8 Å². The van der Waals surface area contributed by atoms with Crippen molar-refractivity contribution in [1.82, 2.24) is 15.8 Å². The SMILES string of the molecule is Cc1sc(-c2ccco2)nc1C(=O)NNC(=O)c1ccccc1F. The Morgan fingerprint density at radius 3 is 2.58 bits per heavy atom. The van der Waals surface area contributed by atoms with E-state index in [1.807, 2.05) is 0 Å². The molecule has 2 heterocycles. The minimum Gasteiger partial charge on any atom is -0.462 e. The van der Waals surface area contributed by atoms with Crippen molar-refractivity contribution in [1.29, 1.82) is 0 Å². The van der Waals surface area contributed by atoms with Crippen LogP contribution in [0.5, 0.6) is 0 Å². The topological polar surface area (TPSA) is 84.2 Å². The van der Waals surface area contributed by atoms with Gasteiger partial charge in [-0.05, 0) is 31.2 Å². The minimum atomic E-state index is -0.749. The molecule has 0 fully saturated rings. The fourth-order valence-corrected chi connectivity index (χ4v) is 2.88. The standard InChI is InChI=1S/C16H12FN3O3S/c1-9-13(18-16(24-9)12-7-4-8-23-12)15(22)20-19-14(21)10-5-2-3-6-11(10)17/h2-8H,1H3,(H,19,21)(H,20,22). The van der Waals surface area contributed by atoms with Crippen LogP contribution in [0.15, 0.2) is 47.1 Å². The van der Waals surface area contributed by atoms with Gasteiger partial charge in [0.25, 0.3) is 11.8 Å². The molecule has 6 nitrogen and oxygen atoms in total. The zero-order chi connectivity index (χ0) is 17.1. The fourth-order valence-electron chi connectivity index (χ4n) is 2.00. The number of aryl methyl sites for hydroxylation is 1. The highest BCUT2D eigenvalue weighted by molar-refractivity contribution is 7.15. The molecule has 122 valence electrons. The van der Waals surface area contributed by atoms with Crippen LogP contribution in [0, 0.1) is 12.7 Å². The molecule has 24 heavy (non-hydrogen) atoms. The molecule has 2 aromatic heterocycles. The first-order valence-electron chi connectivity index (χ1n) is 6.93. The molecule has 0 radical (unpaired) electrons. The van der Waals surface area contributed by atoms with Crippen LogP contribution in [0.1, 0.15) is 25.7 Å². The number of carbonyl (C=O) groups excluding carboxylic acids is 2. The number of halogens is 1. The van der Waals surface area contributed by atoms with Crippen molar-refractivity contribution >= 4 is 23.2 Å². The van der Waals surface area contributed by atoms with E-state index in [0.717, 1.165) is 6.07 Å². The maximum Gasteiger partial charge on any atom is 0.289 e. The average Bonchev–Trinajstić information content (AvgIpc) is 3.22. The second-order valence-electron chi connectivity index (χ2n) is 4.79. The Bertz CT molecular complexity index is 890. The second-order valence-corrected chi connectivity index (χ2v) is 5.99. The van der Waals surface area contributed by atoms with Crippen molar-refractivity contribution in [2.45, 2.75) is 6.92 Å². The highest BCUT2D eigenvalue weighted by Gasteiger charge is 2.19. The summed E-state index contributed by atoms with van der Waals surface area (Å²) in [4.78, 5) is 28.9. The summed E-state index contributed by atoms with van der Waals surface area (Å²) in [5.74, 6) is -1.46. The molecule has 0 unspecified atom stereocenters. The van der Waals surface area contributed by atoms with Gasteiger partial charge in [-0.25, -0.2) is 9.37 Å². The molecular weight excluding hydrogens is 333 g/mol. The van der Waals surface area contributed by atoms with Crippen LogP contribution in [0.3, 0.4) is 0 Å². The van der Waals surface area contributed by atoms with Gasteiger partial charge in [0.15, 0.2) is 10.8 Å². The molecule has 3 aromatic rings. The number of benzene rings is 1. The number of hydrazine groups is 1. The maximum atomic E-state index is 13.5. The van der Waals surface area contributed by atoms with Crippen molar-refractivity contribution in [2.75, 3.05) is 0 Å². The number of hydrogen-bond acceptors (Lipinski definition) is 5. The van der Waals surface area contributed by atoms with Gasteiger partial charge >= 0.3 is 0 Å². The van der Waals surface area contributed by atoms with E-state index in [9.17, 15) is 14.0 Å². The highest BCUT2D eigenvalue weighted by Crippen LogP contribution is 2.27. The van der Waals surface area contributed by atoms with Gasteiger partial charge in [-0.2, -0.15) is 0 Å². The Hall–Kier alpha value is -3.00. The largest absolute Gasteiger partial charge is 0.462 e. The van der Waals surface area contributed by atoms with Crippen molar-refractivity contribution in [3.8, 4) is 10.8 Å². The van der Waals surface area contributed by atoms with Gasteiger partial charge < -0.3 is 4.42 Å². The van der Waals surface area contributed by atoms with Gasteiger partial charge in [0.05, 0.1) is 11.8 Å². The zero-order valence-corrected chi connectivity index (χ0v) is 13.3. The first kappa shape index (κ1) is 15.9. The van der Waals surface area contributed by atoms with Gasteiger partial charge in [-0.1, -0.05) is 12.1 Å². The lowest BCUT2D eigenvalue weighted by Crippen LogP contribution is -2.42. The van der Waals surface area contributed by atoms with Gasteiger partial charge in [-0.15, -0.1) is 11.3 Å². The normalized spacial score (nSPS) is 10.4. The molecule has 2 amide bonds. The fraction of sp³-hybridized carbons (Fsp3) is 0.0625. The first-order valence-corrected chi connectivity index (χ1v) is 7.74. The summed E-state index contributed by atoms with van der Waals surface area (Å²) in [7, 11) is 0. The van der Waals surface area contributed by atoms with Crippen molar-refractivity contribution < 1.29 is 18.4 Å². The summed E-state index contributed by atoms with van der Waals surface area (Å²) < 4.78 is 18.8. The molecular formula is C16H12FN3O3S. The molecule has 3 rings (SSSR count). The predicted molar refractivity (Wildman–Crippen MR) is 85.9 cm³/mol. The number of nitrogens with zero attached hydrogens (tertiary/aromatic N) is 1. The number of amides is 2. The van der Waals surface area contributed by atoms with Gasteiger partial charge in [0.2, 0.25) is 0 Å². The first-order chi connectivity index (χ1) is 11.6. The quantitative estimate of drug-likeness (QED) is 0.715. The molecule has 8 heteroatoms. The van der Waals surface area contributed by atoms with Crippen LogP contribution in [-0.4, -0.2) is 16.8 Å². The number of thiazole rings is 1. The lowest BCUT2D eigenvalue weighted by atomic mass is 10.2. The lowest BCUT2D eigenvalue weighted by Gasteiger charge is -2.07. The van der Waals surface area contributed by atoms with Crippen LogP contribution in [-0.2, 0) is 0 Å². The third-order valence-corrected chi connectivity index (χ3v) is 4.14. The number of hydrogen-bond donors (Lipinski definition) is 2. The second kappa shape index (κ2) is 6.63. The maximum absolute atomic E-state index is 13.5. The van der Waals surface area contributed by atoms with Crippen molar-refractivity contribution in [3.05, 3.63) is 64.6 Å². The monoisotopic (exact) mass is 345 g/mol. The van der Waals surface area contributed by atoms with Crippen molar-refractivity contribution in [3.63, 3.8) is 0 Å². The van der Waals surface area contributed by atoms with E-state index in [1.54, 1.807) is 19.1 Å². The molecule has 0 aliphatic heterocycles. The van der Waals surface area contributed by atoms with Crippen LogP contribution in [0.4, 0.5) is 4.39 Å². The third kappa shape index (κ3) is 3.18. The third-order valence-electron chi connectivity index (χ3n) is 3.15. The molecule has 0 atom stereocenters. The number of aromatic nitrogens is 1. The Balaban J connectivity index is 1.70. The van der Waals surface area contributed by atoms with Crippen LogP contribution < -0.4 is 10.9 Å². The molecule has 2 N–H and O–H groups in total. The van der Waals surface area contributed by atoms with Gasteiger partial charge in [0, 0.05) is 4.88 Å². The molecule has 0 aliphatic rings. The van der Waals surface area contributed by atoms with Crippen LogP contribution >= 0.6 is 11.3 Å².